The summed E-state index contributed by atoms with van der Waals surface area (Å²) in [5.41, 5.74) is 2.92. The van der Waals surface area contributed by atoms with Gasteiger partial charge >= 0.3 is 0 Å². The zero-order valence-corrected chi connectivity index (χ0v) is 15.3. The summed E-state index contributed by atoms with van der Waals surface area (Å²) in [5, 5.41) is 9.32. The molecule has 1 aromatic heterocycles. The van der Waals surface area contributed by atoms with Gasteiger partial charge in [0.2, 0.25) is 0 Å². The Kier molecular flexibility index (Phi) is 5.72. The molecule has 0 aliphatic carbocycles. The molecule has 21 heavy (non-hydrogen) atoms. The molecule has 1 heterocycles. The second kappa shape index (κ2) is 7.14. The fraction of sp³-hybridized carbons (Fsp3) is 0.400. The van der Waals surface area contributed by atoms with Crippen molar-refractivity contribution in [1.29, 1.82) is 0 Å². The molecule has 0 saturated heterocycles. The molecule has 0 aliphatic heterocycles. The molecule has 2 aromatic rings. The van der Waals surface area contributed by atoms with Crippen LogP contribution in [0.2, 0.25) is 10.0 Å². The Balaban J connectivity index is 2.37. The second-order valence-corrected chi connectivity index (χ2v) is 6.65. The smallest absolute Gasteiger partial charge is 0.0847 e. The fourth-order valence-corrected chi connectivity index (χ4v) is 3.28. The predicted octanol–water partition coefficient (Wildman–Crippen LogP) is 4.69. The van der Waals surface area contributed by atoms with Gasteiger partial charge in [0, 0.05) is 29.0 Å². The summed E-state index contributed by atoms with van der Waals surface area (Å²) < 4.78 is 2.85. The van der Waals surface area contributed by atoms with E-state index in [-0.39, 0.29) is 6.04 Å². The van der Waals surface area contributed by atoms with Crippen LogP contribution in [0, 0.1) is 6.92 Å². The van der Waals surface area contributed by atoms with Gasteiger partial charge < -0.3 is 5.32 Å². The van der Waals surface area contributed by atoms with Crippen LogP contribution < -0.4 is 5.32 Å². The van der Waals surface area contributed by atoms with E-state index < -0.39 is 0 Å². The molecule has 0 radical (unpaired) electrons. The Morgan fingerprint density at radius 1 is 1.38 bits per heavy atom. The second-order valence-electron chi connectivity index (χ2n) is 4.95. The molecule has 1 N–H and O–H groups in total. The maximum atomic E-state index is 6.36. The highest BCUT2D eigenvalue weighted by Crippen LogP contribution is 2.31. The first-order chi connectivity index (χ1) is 9.93. The van der Waals surface area contributed by atoms with Crippen molar-refractivity contribution < 1.29 is 0 Å². The van der Waals surface area contributed by atoms with E-state index in [1.165, 1.54) is 0 Å². The van der Waals surface area contributed by atoms with Gasteiger partial charge in [0.25, 0.3) is 0 Å². The molecule has 0 bridgehead atoms. The normalized spacial score (nSPS) is 12.7. The number of hydrogen-bond acceptors (Lipinski definition) is 2. The van der Waals surface area contributed by atoms with Gasteiger partial charge in [-0.15, -0.1) is 0 Å². The van der Waals surface area contributed by atoms with Crippen molar-refractivity contribution in [2.75, 3.05) is 6.54 Å². The SMILES string of the molecule is CCNC(Cc1c(Cl)c(C)nn1C)c1cc(Br)ccc1Cl. The number of nitrogens with one attached hydrogen (secondary N) is 1. The molecule has 2 rings (SSSR count). The molecule has 0 amide bonds. The van der Waals surface area contributed by atoms with Gasteiger partial charge in [0.05, 0.1) is 16.4 Å². The van der Waals surface area contributed by atoms with Crippen LogP contribution in [-0.4, -0.2) is 16.3 Å². The van der Waals surface area contributed by atoms with Crippen molar-refractivity contribution in [3.05, 3.63) is 49.7 Å². The first-order valence-corrected chi connectivity index (χ1v) is 8.35. The van der Waals surface area contributed by atoms with E-state index in [1.807, 2.05) is 36.9 Å². The Morgan fingerprint density at radius 3 is 2.67 bits per heavy atom. The molecular formula is C15H18BrCl2N3. The third kappa shape index (κ3) is 3.81. The summed E-state index contributed by atoms with van der Waals surface area (Å²) in [4.78, 5) is 0. The largest absolute Gasteiger partial charge is 0.310 e. The summed E-state index contributed by atoms with van der Waals surface area (Å²) in [6.07, 6.45) is 0.736. The van der Waals surface area contributed by atoms with Crippen LogP contribution in [0.3, 0.4) is 0 Å². The minimum absolute atomic E-state index is 0.0901. The molecule has 0 aliphatic rings. The van der Waals surface area contributed by atoms with E-state index in [9.17, 15) is 0 Å². The van der Waals surface area contributed by atoms with Crippen LogP contribution >= 0.6 is 39.1 Å². The lowest BCUT2D eigenvalue weighted by atomic mass is 10.0. The average molecular weight is 391 g/mol. The van der Waals surface area contributed by atoms with E-state index in [0.29, 0.717) is 0 Å². The van der Waals surface area contributed by atoms with Gasteiger partial charge in [0.15, 0.2) is 0 Å². The van der Waals surface area contributed by atoms with Gasteiger partial charge in [0.1, 0.15) is 0 Å². The van der Waals surface area contributed by atoms with Crippen LogP contribution in [0.25, 0.3) is 0 Å². The summed E-state index contributed by atoms with van der Waals surface area (Å²) in [5.74, 6) is 0. The van der Waals surface area contributed by atoms with Gasteiger partial charge in [-0.05, 0) is 37.2 Å². The molecule has 114 valence electrons. The Morgan fingerprint density at radius 2 is 2.10 bits per heavy atom. The summed E-state index contributed by atoms with van der Waals surface area (Å²) in [7, 11) is 1.92. The Hall–Kier alpha value is -0.550. The van der Waals surface area contributed by atoms with Gasteiger partial charge in [-0.3, -0.25) is 4.68 Å². The summed E-state index contributed by atoms with van der Waals surface area (Å²) >= 11 is 16.2. The zero-order chi connectivity index (χ0) is 15.6. The number of aromatic nitrogens is 2. The summed E-state index contributed by atoms with van der Waals surface area (Å²) in [6, 6.07) is 5.98. The van der Waals surface area contributed by atoms with Gasteiger partial charge in [-0.1, -0.05) is 46.1 Å². The molecule has 6 heteroatoms. The average Bonchev–Trinajstić information content (AvgIpc) is 2.67. The Bertz CT molecular complexity index is 640. The minimum Gasteiger partial charge on any atom is -0.310 e. The highest BCUT2D eigenvalue weighted by Gasteiger charge is 2.20. The van der Waals surface area contributed by atoms with Crippen LogP contribution in [0.4, 0.5) is 0 Å². The van der Waals surface area contributed by atoms with Crippen molar-refractivity contribution in [3.8, 4) is 0 Å². The molecule has 0 saturated carbocycles. The summed E-state index contributed by atoms with van der Waals surface area (Å²) in [6.45, 7) is 4.84. The van der Waals surface area contributed by atoms with E-state index in [1.54, 1.807) is 0 Å². The van der Waals surface area contributed by atoms with E-state index in [2.05, 4.69) is 33.3 Å². The van der Waals surface area contributed by atoms with Crippen molar-refractivity contribution in [2.24, 2.45) is 7.05 Å². The van der Waals surface area contributed by atoms with Crippen molar-refractivity contribution in [3.63, 3.8) is 0 Å². The number of hydrogen-bond donors (Lipinski definition) is 1. The predicted molar refractivity (Wildman–Crippen MR) is 92.2 cm³/mol. The van der Waals surface area contributed by atoms with Crippen LogP contribution in [0.15, 0.2) is 22.7 Å². The van der Waals surface area contributed by atoms with Crippen LogP contribution in [0.5, 0.6) is 0 Å². The van der Waals surface area contributed by atoms with Crippen molar-refractivity contribution in [2.45, 2.75) is 26.3 Å². The first-order valence-electron chi connectivity index (χ1n) is 6.80. The van der Waals surface area contributed by atoms with E-state index in [4.69, 9.17) is 23.2 Å². The van der Waals surface area contributed by atoms with Crippen molar-refractivity contribution in [1.82, 2.24) is 15.1 Å². The standard InChI is InChI=1S/C15H18BrCl2N3/c1-4-19-13(11-7-10(16)5-6-12(11)17)8-14-15(18)9(2)20-21(14)3/h5-7,13,19H,4,8H2,1-3H3. The van der Waals surface area contributed by atoms with E-state index in [0.717, 1.165) is 44.4 Å². The zero-order valence-electron chi connectivity index (χ0n) is 12.3. The monoisotopic (exact) mass is 389 g/mol. The van der Waals surface area contributed by atoms with Crippen LogP contribution in [-0.2, 0) is 13.5 Å². The lowest BCUT2D eigenvalue weighted by molar-refractivity contribution is 0.529. The number of likely N-dealkylation sites (N-methyl/N-ethyl adjacent to an activating group) is 1. The molecule has 1 atom stereocenters. The third-order valence-electron chi connectivity index (χ3n) is 3.44. The van der Waals surface area contributed by atoms with E-state index >= 15 is 0 Å². The van der Waals surface area contributed by atoms with Gasteiger partial charge in [-0.2, -0.15) is 5.10 Å². The van der Waals surface area contributed by atoms with Crippen LogP contribution in [0.1, 0.15) is 29.9 Å². The number of benzene rings is 1. The lowest BCUT2D eigenvalue weighted by Gasteiger charge is -2.20. The molecule has 1 aromatic carbocycles. The molecule has 3 nitrogen and oxygen atoms in total. The van der Waals surface area contributed by atoms with Crippen molar-refractivity contribution >= 4 is 39.1 Å². The maximum absolute atomic E-state index is 6.36. The first kappa shape index (κ1) is 16.8. The molecule has 0 fully saturated rings. The number of nitrogens with zero attached hydrogens (tertiary/aromatic N) is 2. The maximum Gasteiger partial charge on any atom is 0.0847 e. The quantitative estimate of drug-likeness (QED) is 0.802. The Labute approximate surface area is 143 Å². The molecule has 0 spiro atoms. The topological polar surface area (TPSA) is 29.9 Å². The highest BCUT2D eigenvalue weighted by molar-refractivity contribution is 9.10. The fourth-order valence-electron chi connectivity index (χ4n) is 2.42. The number of halogens is 3. The number of rotatable bonds is 5. The highest BCUT2D eigenvalue weighted by atomic mass is 79.9. The number of aryl methyl sites for hydroxylation is 2. The van der Waals surface area contributed by atoms with Gasteiger partial charge in [-0.25, -0.2) is 0 Å². The molecular weight excluding hydrogens is 373 g/mol. The third-order valence-corrected chi connectivity index (χ3v) is 4.77. The lowest BCUT2D eigenvalue weighted by Crippen LogP contribution is -2.24. The minimum atomic E-state index is 0.0901. The molecule has 1 unspecified atom stereocenters.